The average molecular weight is 315 g/mol. The molecule has 0 aliphatic carbocycles. The van der Waals surface area contributed by atoms with E-state index in [1.165, 1.54) is 5.56 Å². The highest BCUT2D eigenvalue weighted by molar-refractivity contribution is 7.13. The zero-order valence-electron chi connectivity index (χ0n) is 13.0. The first kappa shape index (κ1) is 15.0. The van der Waals surface area contributed by atoms with Gasteiger partial charge in [0.25, 0.3) is 5.91 Å². The van der Waals surface area contributed by atoms with E-state index in [0.29, 0.717) is 12.6 Å². The molecule has 1 amide bonds. The van der Waals surface area contributed by atoms with Gasteiger partial charge in [0.15, 0.2) is 5.13 Å². The normalized spacial score (nSPS) is 17.7. The van der Waals surface area contributed by atoms with Crippen LogP contribution in [-0.2, 0) is 0 Å². The van der Waals surface area contributed by atoms with Crippen LogP contribution in [0.5, 0.6) is 0 Å². The van der Waals surface area contributed by atoms with Crippen molar-refractivity contribution in [2.45, 2.75) is 32.7 Å². The molecule has 1 fully saturated rings. The minimum atomic E-state index is 0.0171. The summed E-state index contributed by atoms with van der Waals surface area (Å²) in [5.74, 6) is 0.0171. The van der Waals surface area contributed by atoms with Crippen molar-refractivity contribution in [3.63, 3.8) is 0 Å². The summed E-state index contributed by atoms with van der Waals surface area (Å²) in [5, 5.41) is 6.15. The minimum Gasteiger partial charge on any atom is -0.350 e. The number of carbonyl (C=O) groups excluding carboxylic acids is 1. The van der Waals surface area contributed by atoms with E-state index in [9.17, 15) is 4.79 Å². The molecule has 0 bridgehead atoms. The van der Waals surface area contributed by atoms with E-state index in [1.54, 1.807) is 11.3 Å². The number of carbonyl (C=O) groups is 1. The molecule has 3 rings (SSSR count). The largest absolute Gasteiger partial charge is 0.350 e. The molecule has 2 aromatic rings. The maximum atomic E-state index is 12.4. The molecule has 1 saturated heterocycles. The number of rotatable bonds is 4. The summed E-state index contributed by atoms with van der Waals surface area (Å²) in [5.41, 5.74) is 2.98. The summed E-state index contributed by atoms with van der Waals surface area (Å²) in [7, 11) is 0. The number of benzene rings is 1. The van der Waals surface area contributed by atoms with Gasteiger partial charge in [-0.1, -0.05) is 17.7 Å². The summed E-state index contributed by atoms with van der Waals surface area (Å²) < 4.78 is 0. The van der Waals surface area contributed by atoms with Crippen LogP contribution in [0.3, 0.4) is 0 Å². The molecule has 0 saturated carbocycles. The predicted molar refractivity (Wildman–Crippen MR) is 90.7 cm³/mol. The van der Waals surface area contributed by atoms with E-state index in [4.69, 9.17) is 0 Å². The fourth-order valence-corrected chi connectivity index (χ4v) is 3.77. The van der Waals surface area contributed by atoms with Crippen molar-refractivity contribution in [2.24, 2.45) is 0 Å². The Labute approximate surface area is 135 Å². The van der Waals surface area contributed by atoms with E-state index >= 15 is 0 Å². The number of nitrogens with one attached hydrogen (secondary N) is 1. The number of hydrogen-bond acceptors (Lipinski definition) is 4. The van der Waals surface area contributed by atoms with E-state index in [2.05, 4.69) is 15.2 Å². The molecule has 4 nitrogen and oxygen atoms in total. The van der Waals surface area contributed by atoms with Crippen LogP contribution in [0.4, 0.5) is 5.13 Å². The third-order valence-electron chi connectivity index (χ3n) is 4.17. The highest BCUT2D eigenvalue weighted by Gasteiger charge is 2.26. The molecule has 1 atom stereocenters. The molecule has 5 heteroatoms. The lowest BCUT2D eigenvalue weighted by molar-refractivity contribution is 0.0950. The van der Waals surface area contributed by atoms with Gasteiger partial charge in [0.1, 0.15) is 0 Å². The van der Waals surface area contributed by atoms with Crippen LogP contribution in [-0.4, -0.2) is 30.0 Å². The van der Waals surface area contributed by atoms with Crippen molar-refractivity contribution in [3.8, 4) is 0 Å². The van der Waals surface area contributed by atoms with E-state index in [0.717, 1.165) is 35.6 Å². The maximum Gasteiger partial charge on any atom is 0.251 e. The first-order valence-electron chi connectivity index (χ1n) is 7.67. The van der Waals surface area contributed by atoms with Gasteiger partial charge in [-0.05, 0) is 38.3 Å². The summed E-state index contributed by atoms with van der Waals surface area (Å²) in [6, 6.07) is 6.29. The standard InChI is InChI=1S/C17H21N3OS/c1-12-5-6-15(13(2)10-12)16(21)19-11-14-4-3-8-20(14)17-18-7-9-22-17/h5-7,9-10,14H,3-4,8,11H2,1-2H3,(H,19,21). The average Bonchev–Trinajstić information content (AvgIpc) is 3.15. The molecule has 2 heterocycles. The molecule has 1 aliphatic rings. The van der Waals surface area contributed by atoms with Gasteiger partial charge >= 0.3 is 0 Å². The van der Waals surface area contributed by atoms with Crippen molar-refractivity contribution in [3.05, 3.63) is 46.5 Å². The molecule has 1 aromatic heterocycles. The van der Waals surface area contributed by atoms with Crippen LogP contribution in [0.15, 0.2) is 29.8 Å². The quantitative estimate of drug-likeness (QED) is 0.942. The molecule has 0 spiro atoms. The van der Waals surface area contributed by atoms with Gasteiger partial charge in [-0.15, -0.1) is 11.3 Å². The topological polar surface area (TPSA) is 45.2 Å². The number of nitrogens with zero attached hydrogens (tertiary/aromatic N) is 2. The van der Waals surface area contributed by atoms with Gasteiger partial charge in [-0.3, -0.25) is 4.79 Å². The molecule has 1 N–H and O–H groups in total. The van der Waals surface area contributed by atoms with Gasteiger partial charge in [-0.25, -0.2) is 4.98 Å². The second kappa shape index (κ2) is 6.48. The smallest absolute Gasteiger partial charge is 0.251 e. The summed E-state index contributed by atoms with van der Waals surface area (Å²) in [6.45, 7) is 5.72. The van der Waals surface area contributed by atoms with Gasteiger partial charge in [-0.2, -0.15) is 0 Å². The van der Waals surface area contributed by atoms with Crippen LogP contribution in [0.1, 0.15) is 34.3 Å². The van der Waals surface area contributed by atoms with E-state index < -0.39 is 0 Å². The second-order valence-electron chi connectivity index (χ2n) is 5.83. The van der Waals surface area contributed by atoms with E-state index in [1.807, 2.05) is 43.6 Å². The van der Waals surface area contributed by atoms with E-state index in [-0.39, 0.29) is 5.91 Å². The third-order valence-corrected chi connectivity index (χ3v) is 4.98. The Bertz CT molecular complexity index is 654. The number of amides is 1. The Balaban J connectivity index is 1.63. The first-order valence-corrected chi connectivity index (χ1v) is 8.54. The van der Waals surface area contributed by atoms with Crippen molar-refractivity contribution < 1.29 is 4.79 Å². The lowest BCUT2D eigenvalue weighted by Gasteiger charge is -2.24. The third kappa shape index (κ3) is 3.14. The van der Waals surface area contributed by atoms with Crippen LogP contribution >= 0.6 is 11.3 Å². The van der Waals surface area contributed by atoms with Crippen molar-refractivity contribution in [2.75, 3.05) is 18.0 Å². The molecule has 1 aliphatic heterocycles. The van der Waals surface area contributed by atoms with Gasteiger partial charge in [0.05, 0.1) is 0 Å². The fourth-order valence-electron chi connectivity index (χ4n) is 3.03. The Kier molecular flexibility index (Phi) is 4.43. The molecule has 22 heavy (non-hydrogen) atoms. The monoisotopic (exact) mass is 315 g/mol. The first-order chi connectivity index (χ1) is 10.6. The van der Waals surface area contributed by atoms with Gasteiger partial charge < -0.3 is 10.2 Å². The van der Waals surface area contributed by atoms with Crippen LogP contribution in [0, 0.1) is 13.8 Å². The number of hydrogen-bond donors (Lipinski definition) is 1. The molecular weight excluding hydrogens is 294 g/mol. The lowest BCUT2D eigenvalue weighted by Crippen LogP contribution is -2.40. The highest BCUT2D eigenvalue weighted by atomic mass is 32.1. The Morgan fingerprint density at radius 1 is 1.45 bits per heavy atom. The highest BCUT2D eigenvalue weighted by Crippen LogP contribution is 2.26. The maximum absolute atomic E-state index is 12.4. The van der Waals surface area contributed by atoms with Gasteiger partial charge in [0, 0.05) is 36.3 Å². The zero-order chi connectivity index (χ0) is 15.5. The number of aryl methyl sites for hydroxylation is 2. The van der Waals surface area contributed by atoms with Crippen molar-refractivity contribution in [1.29, 1.82) is 0 Å². The van der Waals surface area contributed by atoms with Crippen molar-refractivity contribution >= 4 is 22.4 Å². The lowest BCUT2D eigenvalue weighted by atomic mass is 10.1. The van der Waals surface area contributed by atoms with Crippen LogP contribution < -0.4 is 10.2 Å². The zero-order valence-corrected chi connectivity index (χ0v) is 13.8. The Hall–Kier alpha value is -1.88. The summed E-state index contributed by atoms with van der Waals surface area (Å²) in [4.78, 5) is 19.1. The molecule has 0 radical (unpaired) electrons. The summed E-state index contributed by atoms with van der Waals surface area (Å²) >= 11 is 1.66. The van der Waals surface area contributed by atoms with Gasteiger partial charge in [0.2, 0.25) is 0 Å². The molecular formula is C17H21N3OS. The van der Waals surface area contributed by atoms with Crippen molar-refractivity contribution in [1.82, 2.24) is 10.3 Å². The number of thiazole rings is 1. The SMILES string of the molecule is Cc1ccc(C(=O)NCC2CCCN2c2nccs2)c(C)c1. The van der Waals surface area contributed by atoms with Crippen LogP contribution in [0.25, 0.3) is 0 Å². The summed E-state index contributed by atoms with van der Waals surface area (Å²) in [6.07, 6.45) is 4.10. The van der Waals surface area contributed by atoms with Crippen LogP contribution in [0.2, 0.25) is 0 Å². The second-order valence-corrected chi connectivity index (χ2v) is 6.71. The Morgan fingerprint density at radius 2 is 2.32 bits per heavy atom. The Morgan fingerprint density at radius 3 is 3.05 bits per heavy atom. The minimum absolute atomic E-state index is 0.0171. The predicted octanol–water partition coefficient (Wildman–Crippen LogP) is 3.16. The molecule has 1 unspecified atom stereocenters. The molecule has 116 valence electrons. The number of aromatic nitrogens is 1. The number of anilines is 1. The molecule has 1 aromatic carbocycles. The fraction of sp³-hybridized carbons (Fsp3) is 0.412.